The minimum absolute atomic E-state index is 0.301. The molecule has 0 amide bonds. The highest BCUT2D eigenvalue weighted by Crippen LogP contribution is 2.22. The second kappa shape index (κ2) is 5.08. The van der Waals surface area contributed by atoms with E-state index in [0.29, 0.717) is 5.75 Å². The molecule has 2 aromatic rings. The Hall–Kier alpha value is -1.41. The molecule has 0 radical (unpaired) electrons. The summed E-state index contributed by atoms with van der Waals surface area (Å²) in [4.78, 5) is 0. The van der Waals surface area contributed by atoms with Crippen molar-refractivity contribution in [3.05, 3.63) is 54.1 Å². The van der Waals surface area contributed by atoms with Crippen LogP contribution in [0.25, 0.3) is 11.1 Å². The molecule has 0 atom stereocenters. The lowest BCUT2D eigenvalue weighted by molar-refractivity contribution is 0.475. The molecule has 0 spiro atoms. The first-order valence-electron chi connectivity index (χ1n) is 5.29. The third-order valence-electron chi connectivity index (χ3n) is 2.56. The van der Waals surface area contributed by atoms with Crippen molar-refractivity contribution < 1.29 is 5.11 Å². The maximum absolute atomic E-state index is 9.21. The Morgan fingerprint density at radius 1 is 0.812 bits per heavy atom. The van der Waals surface area contributed by atoms with E-state index in [1.165, 1.54) is 11.1 Å². The molecule has 0 aliphatic carbocycles. The van der Waals surface area contributed by atoms with Gasteiger partial charge >= 0.3 is 0 Å². The molecular weight excluding hydrogens is 216 g/mol. The summed E-state index contributed by atoms with van der Waals surface area (Å²) in [7, 11) is 0. The van der Waals surface area contributed by atoms with Crippen LogP contribution in [0.15, 0.2) is 48.5 Å². The van der Waals surface area contributed by atoms with Crippen LogP contribution in [0.3, 0.4) is 0 Å². The predicted octanol–water partition coefficient (Wildman–Crippen LogP) is 3.53. The van der Waals surface area contributed by atoms with Crippen molar-refractivity contribution in [3.8, 4) is 16.9 Å². The van der Waals surface area contributed by atoms with Gasteiger partial charge < -0.3 is 5.11 Å². The van der Waals surface area contributed by atoms with Gasteiger partial charge in [0.05, 0.1) is 0 Å². The van der Waals surface area contributed by atoms with Gasteiger partial charge in [-0.25, -0.2) is 0 Å². The normalized spacial score (nSPS) is 10.3. The van der Waals surface area contributed by atoms with E-state index in [1.807, 2.05) is 12.1 Å². The predicted molar refractivity (Wildman–Crippen MR) is 71.1 cm³/mol. The molecule has 16 heavy (non-hydrogen) atoms. The van der Waals surface area contributed by atoms with Crippen LogP contribution in [0.2, 0.25) is 0 Å². The van der Waals surface area contributed by atoms with Crippen molar-refractivity contribution in [1.82, 2.24) is 0 Å². The van der Waals surface area contributed by atoms with Crippen LogP contribution in [0.4, 0.5) is 0 Å². The number of phenolic OH excluding ortho intramolecular Hbond substituents is 1. The Morgan fingerprint density at radius 3 is 1.81 bits per heavy atom. The summed E-state index contributed by atoms with van der Waals surface area (Å²) < 4.78 is 0. The van der Waals surface area contributed by atoms with Crippen molar-refractivity contribution >= 4 is 12.6 Å². The Kier molecular flexibility index (Phi) is 3.52. The van der Waals surface area contributed by atoms with Gasteiger partial charge in [-0.3, -0.25) is 0 Å². The second-order valence-corrected chi connectivity index (χ2v) is 4.16. The van der Waals surface area contributed by atoms with Gasteiger partial charge in [0.25, 0.3) is 0 Å². The lowest BCUT2D eigenvalue weighted by atomic mass is 10.0. The van der Waals surface area contributed by atoms with Gasteiger partial charge in [-0.15, -0.1) is 0 Å². The zero-order chi connectivity index (χ0) is 11.4. The van der Waals surface area contributed by atoms with Crippen LogP contribution in [-0.2, 0) is 6.42 Å². The Morgan fingerprint density at radius 2 is 1.31 bits per heavy atom. The molecule has 0 fully saturated rings. The second-order valence-electron chi connectivity index (χ2n) is 3.72. The quantitative estimate of drug-likeness (QED) is 0.773. The zero-order valence-electron chi connectivity index (χ0n) is 8.93. The molecule has 0 unspecified atom stereocenters. The van der Waals surface area contributed by atoms with Gasteiger partial charge in [-0.2, -0.15) is 12.6 Å². The summed E-state index contributed by atoms with van der Waals surface area (Å²) in [6.45, 7) is 0. The average Bonchev–Trinajstić information content (AvgIpc) is 2.32. The largest absolute Gasteiger partial charge is 0.508 e. The van der Waals surface area contributed by atoms with E-state index in [2.05, 4.69) is 36.9 Å². The fraction of sp³-hybridized carbons (Fsp3) is 0.143. The standard InChI is InChI=1S/C14H14OS/c15-14-7-5-13(6-8-14)12-3-1-11(2-4-12)9-10-16/h1-8,15-16H,9-10H2. The van der Waals surface area contributed by atoms with Gasteiger partial charge in [0.2, 0.25) is 0 Å². The molecule has 82 valence electrons. The van der Waals surface area contributed by atoms with E-state index in [1.54, 1.807) is 12.1 Å². The van der Waals surface area contributed by atoms with E-state index < -0.39 is 0 Å². The van der Waals surface area contributed by atoms with Crippen LogP contribution < -0.4 is 0 Å². The van der Waals surface area contributed by atoms with E-state index in [0.717, 1.165) is 17.7 Å². The first-order valence-corrected chi connectivity index (χ1v) is 5.92. The number of thiol groups is 1. The van der Waals surface area contributed by atoms with Gasteiger partial charge in [0, 0.05) is 0 Å². The average molecular weight is 230 g/mol. The number of aromatic hydroxyl groups is 1. The maximum Gasteiger partial charge on any atom is 0.115 e. The van der Waals surface area contributed by atoms with Gasteiger partial charge in [-0.1, -0.05) is 36.4 Å². The van der Waals surface area contributed by atoms with Crippen LogP contribution in [0, 0.1) is 0 Å². The van der Waals surface area contributed by atoms with Crippen molar-refractivity contribution in [3.63, 3.8) is 0 Å². The smallest absolute Gasteiger partial charge is 0.115 e. The molecule has 1 N–H and O–H groups in total. The van der Waals surface area contributed by atoms with E-state index in [4.69, 9.17) is 0 Å². The van der Waals surface area contributed by atoms with Crippen molar-refractivity contribution in [1.29, 1.82) is 0 Å². The Balaban J connectivity index is 2.24. The number of benzene rings is 2. The lowest BCUT2D eigenvalue weighted by Gasteiger charge is -2.03. The third kappa shape index (κ3) is 2.58. The first-order chi connectivity index (χ1) is 7.79. The zero-order valence-corrected chi connectivity index (χ0v) is 9.82. The van der Waals surface area contributed by atoms with Crippen molar-refractivity contribution in [2.75, 3.05) is 5.75 Å². The molecule has 2 heteroatoms. The SMILES string of the molecule is Oc1ccc(-c2ccc(CCS)cc2)cc1. The number of hydrogen-bond donors (Lipinski definition) is 2. The molecular formula is C14H14OS. The molecule has 0 bridgehead atoms. The fourth-order valence-electron chi connectivity index (χ4n) is 1.65. The summed E-state index contributed by atoms with van der Waals surface area (Å²) in [5, 5.41) is 9.21. The van der Waals surface area contributed by atoms with E-state index in [-0.39, 0.29) is 0 Å². The lowest BCUT2D eigenvalue weighted by Crippen LogP contribution is -1.85. The minimum atomic E-state index is 0.301. The van der Waals surface area contributed by atoms with E-state index >= 15 is 0 Å². The minimum Gasteiger partial charge on any atom is -0.508 e. The number of hydrogen-bond acceptors (Lipinski definition) is 2. The van der Waals surface area contributed by atoms with Gasteiger partial charge in [0.15, 0.2) is 0 Å². The van der Waals surface area contributed by atoms with Crippen molar-refractivity contribution in [2.24, 2.45) is 0 Å². The Labute approximate surface area is 101 Å². The van der Waals surface area contributed by atoms with Gasteiger partial charge in [-0.05, 0) is 41.0 Å². The number of phenols is 1. The summed E-state index contributed by atoms with van der Waals surface area (Å²) >= 11 is 4.21. The van der Waals surface area contributed by atoms with Crippen LogP contribution >= 0.6 is 12.6 Å². The maximum atomic E-state index is 9.21. The number of rotatable bonds is 3. The molecule has 0 saturated carbocycles. The summed E-state index contributed by atoms with van der Waals surface area (Å²) in [6, 6.07) is 15.7. The molecule has 0 aromatic heterocycles. The van der Waals surface area contributed by atoms with Gasteiger partial charge in [0.1, 0.15) is 5.75 Å². The van der Waals surface area contributed by atoms with Crippen LogP contribution in [-0.4, -0.2) is 10.9 Å². The van der Waals surface area contributed by atoms with Crippen LogP contribution in [0.1, 0.15) is 5.56 Å². The third-order valence-corrected chi connectivity index (χ3v) is 2.78. The topological polar surface area (TPSA) is 20.2 Å². The summed E-state index contributed by atoms with van der Waals surface area (Å²) in [5.41, 5.74) is 3.59. The summed E-state index contributed by atoms with van der Waals surface area (Å²) in [6.07, 6.45) is 0.999. The number of aryl methyl sites for hydroxylation is 1. The summed E-state index contributed by atoms with van der Waals surface area (Å²) in [5.74, 6) is 1.17. The molecule has 2 aromatic carbocycles. The van der Waals surface area contributed by atoms with Crippen LogP contribution in [0.5, 0.6) is 5.75 Å². The highest BCUT2D eigenvalue weighted by Gasteiger charge is 1.98. The highest BCUT2D eigenvalue weighted by molar-refractivity contribution is 7.80. The first kappa shape index (κ1) is 11.1. The highest BCUT2D eigenvalue weighted by atomic mass is 32.1. The molecule has 0 heterocycles. The molecule has 0 aliphatic rings. The molecule has 2 rings (SSSR count). The Bertz CT molecular complexity index is 445. The van der Waals surface area contributed by atoms with Crippen molar-refractivity contribution in [2.45, 2.75) is 6.42 Å². The fourth-order valence-corrected chi connectivity index (χ4v) is 1.91. The molecule has 0 saturated heterocycles. The monoisotopic (exact) mass is 230 g/mol. The molecule has 0 aliphatic heterocycles. The molecule has 1 nitrogen and oxygen atoms in total. The van der Waals surface area contributed by atoms with E-state index in [9.17, 15) is 5.11 Å².